The van der Waals surface area contributed by atoms with E-state index in [1.165, 1.54) is 0 Å². The minimum atomic E-state index is -2.08. The average molecular weight is 612 g/mol. The van der Waals surface area contributed by atoms with Gasteiger partial charge in [0.2, 0.25) is 0 Å². The Bertz CT molecular complexity index is 1790. The standard InChI is InChI=1S/C33H31BN9O3/c1-22-19-28(31(44)35-25-13-7-4-8-14-25)38-41(22)34(42-23(2)20-29(39-42)32(45)36-26-15-9-5-10-16-26)43-24(3)21-30(40-43)33(46)37-27-17-11-6-12-18-27/h4-21,34H,1-3H3,(H,35,44)(H,36,45)(H,37,46)/q-1. The van der Waals surface area contributed by atoms with E-state index in [4.69, 9.17) is 15.3 Å². The third-order valence-corrected chi connectivity index (χ3v) is 7.54. The summed E-state index contributed by atoms with van der Waals surface area (Å²) in [5.74, 6) is -1.15. The van der Waals surface area contributed by atoms with E-state index >= 15 is 0 Å². The van der Waals surface area contributed by atoms with Gasteiger partial charge in [0.05, 0.1) is 0 Å². The number of benzene rings is 3. The minimum Gasteiger partial charge on any atom is -0.400 e. The Morgan fingerprint density at radius 2 is 0.739 bits per heavy atom. The molecular formula is C33H31BN9O3-. The molecule has 6 aromatic rings. The molecule has 0 aliphatic heterocycles. The van der Waals surface area contributed by atoms with Crippen LogP contribution in [-0.4, -0.2) is 53.9 Å². The zero-order chi connectivity index (χ0) is 32.2. The fourth-order valence-electron chi connectivity index (χ4n) is 5.25. The van der Waals surface area contributed by atoms with Crippen LogP contribution in [0.25, 0.3) is 0 Å². The molecule has 0 saturated heterocycles. The van der Waals surface area contributed by atoms with E-state index in [0.717, 1.165) is 0 Å². The predicted molar refractivity (Wildman–Crippen MR) is 177 cm³/mol. The van der Waals surface area contributed by atoms with Gasteiger partial charge in [0.25, 0.3) is 17.7 Å². The van der Waals surface area contributed by atoms with Gasteiger partial charge in [-0.1, -0.05) is 54.6 Å². The van der Waals surface area contributed by atoms with Gasteiger partial charge in [-0.25, -0.2) is 15.3 Å². The molecule has 0 spiro atoms. The van der Waals surface area contributed by atoms with Crippen LogP contribution < -0.4 is 16.0 Å². The number of aromatic nitrogens is 6. The second-order valence-electron chi connectivity index (χ2n) is 10.9. The first-order valence-electron chi connectivity index (χ1n) is 14.7. The number of nitrogens with zero attached hydrogens (tertiary/aromatic N) is 6. The van der Waals surface area contributed by atoms with E-state index in [1.54, 1.807) is 68.4 Å². The molecule has 0 atom stereocenters. The predicted octanol–water partition coefficient (Wildman–Crippen LogP) is 4.62. The normalized spacial score (nSPS) is 11.0. The van der Waals surface area contributed by atoms with Crippen molar-refractivity contribution in [1.29, 1.82) is 0 Å². The van der Waals surface area contributed by atoms with Crippen LogP contribution in [0.15, 0.2) is 109 Å². The lowest BCUT2D eigenvalue weighted by Gasteiger charge is -2.30. The fourth-order valence-corrected chi connectivity index (χ4v) is 5.25. The molecule has 3 N–H and O–H groups in total. The molecule has 12 nitrogen and oxygen atoms in total. The van der Waals surface area contributed by atoms with E-state index in [9.17, 15) is 14.4 Å². The van der Waals surface area contributed by atoms with E-state index in [1.807, 2.05) is 75.4 Å². The Hall–Kier alpha value is -6.24. The van der Waals surface area contributed by atoms with Crippen LogP contribution in [0.5, 0.6) is 0 Å². The van der Waals surface area contributed by atoms with Crippen molar-refractivity contribution in [3.8, 4) is 0 Å². The SMILES string of the molecule is Cc1cc(C(=O)Nc2ccccc2)nn1[BH-](n1nc(C(=O)Nc2ccccc2)cc1C)n1nc(C(=O)Nc2ccccc2)cc1C. The maximum Gasteiger partial charge on any atom is 0.326 e. The summed E-state index contributed by atoms with van der Waals surface area (Å²) in [7, 11) is -2.08. The molecule has 0 saturated carbocycles. The Labute approximate surface area is 265 Å². The second-order valence-corrected chi connectivity index (χ2v) is 10.9. The number of nitrogens with one attached hydrogen (secondary N) is 3. The summed E-state index contributed by atoms with van der Waals surface area (Å²) < 4.78 is 5.03. The van der Waals surface area contributed by atoms with E-state index in [-0.39, 0.29) is 34.8 Å². The van der Waals surface area contributed by atoms with Gasteiger partial charge in [0.1, 0.15) is 17.1 Å². The summed E-state index contributed by atoms with van der Waals surface area (Å²) in [5, 5.41) is 22.7. The molecule has 13 heteroatoms. The summed E-state index contributed by atoms with van der Waals surface area (Å²) >= 11 is 0. The van der Waals surface area contributed by atoms with Gasteiger partial charge >= 0.3 is 7.12 Å². The minimum absolute atomic E-state index is 0.192. The number of hydrogen-bond acceptors (Lipinski definition) is 6. The Morgan fingerprint density at radius 1 is 0.478 bits per heavy atom. The smallest absolute Gasteiger partial charge is 0.326 e. The molecule has 0 aliphatic rings. The Balaban J connectivity index is 1.39. The first kappa shape index (κ1) is 29.8. The van der Waals surface area contributed by atoms with Crippen LogP contribution >= 0.6 is 0 Å². The van der Waals surface area contributed by atoms with E-state index in [0.29, 0.717) is 34.1 Å². The third-order valence-electron chi connectivity index (χ3n) is 7.54. The van der Waals surface area contributed by atoms with Crippen molar-refractivity contribution < 1.29 is 14.4 Å². The molecule has 3 aromatic heterocycles. The van der Waals surface area contributed by atoms with Gasteiger partial charge < -0.3 is 29.7 Å². The lowest BCUT2D eigenvalue weighted by atomic mass is 9.93. The number of amides is 3. The molecule has 46 heavy (non-hydrogen) atoms. The molecule has 230 valence electrons. The monoisotopic (exact) mass is 612 g/mol. The van der Waals surface area contributed by atoms with Crippen LogP contribution in [0.2, 0.25) is 0 Å². The van der Waals surface area contributed by atoms with Crippen molar-refractivity contribution >= 4 is 41.9 Å². The molecule has 3 heterocycles. The zero-order valence-electron chi connectivity index (χ0n) is 25.5. The maximum atomic E-state index is 13.2. The van der Waals surface area contributed by atoms with Crippen molar-refractivity contribution in [2.75, 3.05) is 16.0 Å². The largest absolute Gasteiger partial charge is 0.400 e. The second kappa shape index (κ2) is 12.8. The van der Waals surface area contributed by atoms with Crippen LogP contribution in [-0.2, 0) is 0 Å². The van der Waals surface area contributed by atoms with Gasteiger partial charge in [0, 0.05) is 17.1 Å². The number of hydrogen-bond donors (Lipinski definition) is 3. The summed E-state index contributed by atoms with van der Waals surface area (Å²) in [6.45, 7) is 5.49. The molecule has 0 radical (unpaired) electrons. The van der Waals surface area contributed by atoms with Gasteiger partial charge in [-0.05, 0) is 92.5 Å². The number of rotatable bonds is 9. The molecular weight excluding hydrogens is 581 g/mol. The number of para-hydroxylation sites is 3. The number of carbonyl (C=O) groups is 3. The summed E-state index contributed by atoms with van der Waals surface area (Å²) in [6, 6.07) is 32.4. The van der Waals surface area contributed by atoms with Gasteiger partial charge in [-0.2, -0.15) is 0 Å². The molecule has 3 amide bonds. The van der Waals surface area contributed by atoms with Crippen molar-refractivity contribution in [2.45, 2.75) is 20.8 Å². The summed E-state index contributed by atoms with van der Waals surface area (Å²) in [5.41, 5.74) is 4.47. The Kier molecular flexibility index (Phi) is 8.29. The summed E-state index contributed by atoms with van der Waals surface area (Å²) in [6.07, 6.45) is 0. The van der Waals surface area contributed by atoms with Gasteiger partial charge in [-0.3, -0.25) is 14.4 Å². The highest BCUT2D eigenvalue weighted by Gasteiger charge is 2.24. The quantitative estimate of drug-likeness (QED) is 0.204. The number of carbonyl (C=O) groups excluding carboxylic acids is 3. The van der Waals surface area contributed by atoms with Crippen molar-refractivity contribution in [2.24, 2.45) is 0 Å². The van der Waals surface area contributed by atoms with E-state index in [2.05, 4.69) is 16.0 Å². The topological polar surface area (TPSA) is 141 Å². The number of aryl methyl sites for hydroxylation is 3. The first-order chi connectivity index (χ1) is 22.3. The van der Waals surface area contributed by atoms with Gasteiger partial charge in [-0.15, -0.1) is 0 Å². The number of anilines is 3. The zero-order valence-corrected chi connectivity index (χ0v) is 25.5. The molecule has 3 aromatic carbocycles. The molecule has 0 fully saturated rings. The van der Waals surface area contributed by atoms with Crippen molar-refractivity contribution in [3.63, 3.8) is 0 Å². The molecule has 0 aliphatic carbocycles. The van der Waals surface area contributed by atoms with Crippen LogP contribution in [0, 0.1) is 20.8 Å². The molecule has 0 bridgehead atoms. The maximum absolute atomic E-state index is 13.2. The highest BCUT2D eigenvalue weighted by molar-refractivity contribution is 6.53. The van der Waals surface area contributed by atoms with Crippen LogP contribution in [0.4, 0.5) is 17.1 Å². The highest BCUT2D eigenvalue weighted by Crippen LogP contribution is 2.17. The summed E-state index contributed by atoms with van der Waals surface area (Å²) in [4.78, 5) is 39.6. The van der Waals surface area contributed by atoms with Crippen LogP contribution in [0.1, 0.15) is 48.5 Å². The molecule has 6 rings (SSSR count). The first-order valence-corrected chi connectivity index (χ1v) is 14.7. The van der Waals surface area contributed by atoms with Crippen molar-refractivity contribution in [1.82, 2.24) is 29.1 Å². The highest BCUT2D eigenvalue weighted by atomic mass is 16.2. The van der Waals surface area contributed by atoms with Crippen LogP contribution in [0.3, 0.4) is 0 Å². The molecule has 0 unspecified atom stereocenters. The fraction of sp³-hybridized carbons (Fsp3) is 0.0909. The van der Waals surface area contributed by atoms with E-state index < -0.39 is 7.12 Å². The lowest BCUT2D eigenvalue weighted by molar-refractivity contribution is 0.101. The average Bonchev–Trinajstić information content (AvgIpc) is 3.76. The third kappa shape index (κ3) is 6.33. The van der Waals surface area contributed by atoms with Gasteiger partial charge in [0.15, 0.2) is 0 Å². The lowest BCUT2D eigenvalue weighted by Crippen LogP contribution is -2.46. The Morgan fingerprint density at radius 3 is 1.00 bits per heavy atom. The van der Waals surface area contributed by atoms with Crippen molar-refractivity contribution in [3.05, 3.63) is 143 Å².